The van der Waals surface area contributed by atoms with Crippen molar-refractivity contribution >= 4 is 22.8 Å². The zero-order valence-corrected chi connectivity index (χ0v) is 22.6. The molecular weight excluding hydrogens is 452 g/mol. The van der Waals surface area contributed by atoms with Gasteiger partial charge in [0.15, 0.2) is 0 Å². The van der Waals surface area contributed by atoms with Crippen LogP contribution in [0.15, 0.2) is 17.2 Å². The highest BCUT2D eigenvalue weighted by Crippen LogP contribution is 2.36. The van der Waals surface area contributed by atoms with Gasteiger partial charge in [-0.1, -0.05) is 32.6 Å². The molecule has 8 heteroatoms. The van der Waals surface area contributed by atoms with E-state index in [-0.39, 0.29) is 17.5 Å². The molecule has 3 heterocycles. The van der Waals surface area contributed by atoms with Gasteiger partial charge in [-0.2, -0.15) is 0 Å². The molecule has 0 aromatic carbocycles. The van der Waals surface area contributed by atoms with Gasteiger partial charge in [-0.3, -0.25) is 9.59 Å². The summed E-state index contributed by atoms with van der Waals surface area (Å²) in [5.74, 6) is 1.23. The SMILES string of the molecule is CCCC(C)Nc1ncc2c(=O)n(C3CCN(CCC(=O)N(C)C)CC3)cc(C3CCCCC3)c2n1. The third-order valence-corrected chi connectivity index (χ3v) is 8.04. The predicted molar refractivity (Wildman–Crippen MR) is 146 cm³/mol. The summed E-state index contributed by atoms with van der Waals surface area (Å²) in [6.45, 7) is 6.92. The number of piperidine rings is 1. The van der Waals surface area contributed by atoms with Crippen LogP contribution in [0.25, 0.3) is 10.9 Å². The minimum atomic E-state index is 0.0268. The molecule has 0 bridgehead atoms. The van der Waals surface area contributed by atoms with Crippen LogP contribution < -0.4 is 10.9 Å². The third kappa shape index (κ3) is 6.25. The smallest absolute Gasteiger partial charge is 0.261 e. The summed E-state index contributed by atoms with van der Waals surface area (Å²) < 4.78 is 1.99. The van der Waals surface area contributed by atoms with E-state index in [9.17, 15) is 9.59 Å². The molecule has 1 unspecified atom stereocenters. The molecule has 198 valence electrons. The van der Waals surface area contributed by atoms with Crippen molar-refractivity contribution in [1.29, 1.82) is 0 Å². The molecule has 1 atom stereocenters. The molecule has 36 heavy (non-hydrogen) atoms. The Labute approximate surface area is 215 Å². The minimum absolute atomic E-state index is 0.0268. The quantitative estimate of drug-likeness (QED) is 0.548. The largest absolute Gasteiger partial charge is 0.352 e. The standard InChI is InChI=1S/C28H44N6O2/c1-5-9-20(2)30-28-29-18-23-26(31-28)24(21-10-7-6-8-11-21)19-34(27(23)36)22-12-15-33(16-13-22)17-14-25(35)32(3)4/h18-22H,5-17H2,1-4H3,(H,29,30,31). The lowest BCUT2D eigenvalue weighted by atomic mass is 9.84. The number of hydrogen-bond donors (Lipinski definition) is 1. The van der Waals surface area contributed by atoms with Crippen LogP contribution in [0.1, 0.15) is 95.6 Å². The Morgan fingerprint density at radius 3 is 2.56 bits per heavy atom. The van der Waals surface area contributed by atoms with E-state index in [2.05, 4.69) is 35.2 Å². The minimum Gasteiger partial charge on any atom is -0.352 e. The van der Waals surface area contributed by atoms with Gasteiger partial charge in [0.2, 0.25) is 11.9 Å². The van der Waals surface area contributed by atoms with E-state index in [1.54, 1.807) is 25.2 Å². The molecule has 2 fully saturated rings. The Morgan fingerprint density at radius 1 is 1.17 bits per heavy atom. The second kappa shape index (κ2) is 12.2. The number of anilines is 1. The molecule has 1 aliphatic heterocycles. The summed E-state index contributed by atoms with van der Waals surface area (Å²) in [6, 6.07) is 0.469. The highest BCUT2D eigenvalue weighted by molar-refractivity contribution is 5.81. The van der Waals surface area contributed by atoms with Crippen LogP contribution in [0.4, 0.5) is 5.95 Å². The number of nitrogens with one attached hydrogen (secondary N) is 1. The maximum Gasteiger partial charge on any atom is 0.261 e. The van der Waals surface area contributed by atoms with Crippen molar-refractivity contribution in [1.82, 2.24) is 24.3 Å². The zero-order valence-electron chi connectivity index (χ0n) is 22.6. The van der Waals surface area contributed by atoms with Gasteiger partial charge in [-0.05, 0) is 50.5 Å². The first-order valence-electron chi connectivity index (χ1n) is 14.0. The fraction of sp³-hybridized carbons (Fsp3) is 0.714. The second-order valence-corrected chi connectivity index (χ2v) is 11.0. The average molecular weight is 497 g/mol. The Hall–Kier alpha value is -2.48. The van der Waals surface area contributed by atoms with Crippen molar-refractivity contribution in [3.63, 3.8) is 0 Å². The van der Waals surface area contributed by atoms with Gasteiger partial charge < -0.3 is 19.7 Å². The number of carbonyl (C=O) groups excluding carboxylic acids is 1. The molecule has 2 aromatic heterocycles. The van der Waals surface area contributed by atoms with E-state index in [1.165, 1.54) is 24.8 Å². The van der Waals surface area contributed by atoms with E-state index in [0.29, 0.717) is 29.7 Å². The van der Waals surface area contributed by atoms with Crippen LogP contribution >= 0.6 is 0 Å². The number of carbonyl (C=O) groups is 1. The normalized spacial score (nSPS) is 18.9. The van der Waals surface area contributed by atoms with Crippen LogP contribution in [0, 0.1) is 0 Å². The summed E-state index contributed by atoms with van der Waals surface area (Å²) in [5.41, 5.74) is 2.08. The number of rotatable bonds is 9. The highest BCUT2D eigenvalue weighted by Gasteiger charge is 2.26. The van der Waals surface area contributed by atoms with Crippen LogP contribution in [0.3, 0.4) is 0 Å². The predicted octanol–water partition coefficient (Wildman–Crippen LogP) is 4.55. The number of amides is 1. The molecule has 1 aliphatic carbocycles. The Kier molecular flexibility index (Phi) is 8.99. The van der Waals surface area contributed by atoms with E-state index in [1.807, 2.05) is 4.57 Å². The van der Waals surface area contributed by atoms with Gasteiger partial charge in [0.25, 0.3) is 5.56 Å². The van der Waals surface area contributed by atoms with Crippen LogP contribution in [0.5, 0.6) is 0 Å². The van der Waals surface area contributed by atoms with Gasteiger partial charge in [0.05, 0.1) is 10.9 Å². The molecule has 8 nitrogen and oxygen atoms in total. The Morgan fingerprint density at radius 2 is 1.89 bits per heavy atom. The lowest BCUT2D eigenvalue weighted by Crippen LogP contribution is -2.39. The Balaban J connectivity index is 1.59. The van der Waals surface area contributed by atoms with Gasteiger partial charge in [0.1, 0.15) is 0 Å². The zero-order chi connectivity index (χ0) is 25.7. The van der Waals surface area contributed by atoms with Crippen LogP contribution in [0.2, 0.25) is 0 Å². The van der Waals surface area contributed by atoms with Crippen molar-refractivity contribution < 1.29 is 4.79 Å². The topological polar surface area (TPSA) is 83.4 Å². The van der Waals surface area contributed by atoms with Gasteiger partial charge in [-0.15, -0.1) is 0 Å². The molecule has 1 saturated carbocycles. The average Bonchev–Trinajstić information content (AvgIpc) is 2.88. The number of likely N-dealkylation sites (tertiary alicyclic amines) is 1. The van der Waals surface area contributed by atoms with Gasteiger partial charge in [0, 0.05) is 64.6 Å². The summed E-state index contributed by atoms with van der Waals surface area (Å²) >= 11 is 0. The maximum absolute atomic E-state index is 13.7. The maximum atomic E-state index is 13.7. The van der Waals surface area contributed by atoms with E-state index in [0.717, 1.165) is 63.7 Å². The molecule has 4 rings (SSSR count). The highest BCUT2D eigenvalue weighted by atomic mass is 16.2. The van der Waals surface area contributed by atoms with Crippen LogP contribution in [-0.2, 0) is 4.79 Å². The van der Waals surface area contributed by atoms with Crippen molar-refractivity contribution in [3.8, 4) is 0 Å². The van der Waals surface area contributed by atoms with Crippen molar-refractivity contribution in [2.45, 2.75) is 96.1 Å². The summed E-state index contributed by atoms with van der Waals surface area (Å²) in [4.78, 5) is 39.1. The molecule has 0 radical (unpaired) electrons. The molecular formula is C28H44N6O2. The number of aromatic nitrogens is 3. The Bertz CT molecular complexity index is 1080. The first-order valence-corrected chi connectivity index (χ1v) is 14.0. The molecule has 2 aromatic rings. The third-order valence-electron chi connectivity index (χ3n) is 8.04. The monoisotopic (exact) mass is 496 g/mol. The fourth-order valence-corrected chi connectivity index (χ4v) is 5.84. The summed E-state index contributed by atoms with van der Waals surface area (Å²) in [5, 5.41) is 4.07. The molecule has 1 N–H and O–H groups in total. The lowest BCUT2D eigenvalue weighted by Gasteiger charge is -2.33. The number of hydrogen-bond acceptors (Lipinski definition) is 6. The lowest BCUT2D eigenvalue weighted by molar-refractivity contribution is -0.129. The van der Waals surface area contributed by atoms with E-state index >= 15 is 0 Å². The van der Waals surface area contributed by atoms with Gasteiger partial charge in [-0.25, -0.2) is 9.97 Å². The molecule has 1 amide bonds. The first kappa shape index (κ1) is 26.6. The molecule has 0 spiro atoms. The van der Waals surface area contributed by atoms with E-state index < -0.39 is 0 Å². The van der Waals surface area contributed by atoms with Gasteiger partial charge >= 0.3 is 0 Å². The number of pyridine rings is 1. The van der Waals surface area contributed by atoms with E-state index in [4.69, 9.17) is 4.98 Å². The molecule has 2 aliphatic rings. The van der Waals surface area contributed by atoms with Crippen molar-refractivity contribution in [2.75, 3.05) is 39.0 Å². The number of fused-ring (bicyclic) bond motifs is 1. The molecule has 1 saturated heterocycles. The van der Waals surface area contributed by atoms with Crippen LogP contribution in [-0.4, -0.2) is 70.0 Å². The second-order valence-electron chi connectivity index (χ2n) is 11.0. The summed E-state index contributed by atoms with van der Waals surface area (Å²) in [6.07, 6.45) is 14.5. The van der Waals surface area contributed by atoms with Crippen molar-refractivity contribution in [2.24, 2.45) is 0 Å². The van der Waals surface area contributed by atoms with Crippen molar-refractivity contribution in [3.05, 3.63) is 28.3 Å². The first-order chi connectivity index (χ1) is 17.4. The summed E-state index contributed by atoms with van der Waals surface area (Å²) in [7, 11) is 3.61. The fourth-order valence-electron chi connectivity index (χ4n) is 5.84. The number of nitrogens with zero attached hydrogens (tertiary/aromatic N) is 5.